The third kappa shape index (κ3) is 3.41. The summed E-state index contributed by atoms with van der Waals surface area (Å²) in [6, 6.07) is 5.72. The molecule has 0 spiro atoms. The number of halogens is 2. The number of hydrogen-bond acceptors (Lipinski definition) is 2. The normalized spacial score (nSPS) is 16.5. The second-order valence-electron chi connectivity index (χ2n) is 4.10. The minimum Gasteiger partial charge on any atom is -0.336 e. The monoisotopic (exact) mass is 258 g/mol. The largest absolute Gasteiger partial charge is 0.336 e. The molecule has 0 aliphatic carbocycles. The highest BCUT2D eigenvalue weighted by atomic mass is 35.5. The molecule has 1 fully saturated rings. The van der Waals surface area contributed by atoms with E-state index in [0.717, 1.165) is 26.2 Å². The Morgan fingerprint density at radius 1 is 1.12 bits per heavy atom. The molecule has 0 aromatic heterocycles. The minimum absolute atomic E-state index is 0. The van der Waals surface area contributed by atoms with Crippen molar-refractivity contribution < 1.29 is 9.18 Å². The average molecular weight is 259 g/mol. The third-order valence-corrected chi connectivity index (χ3v) is 2.88. The van der Waals surface area contributed by atoms with Crippen LogP contribution in [0, 0.1) is 5.82 Å². The molecule has 17 heavy (non-hydrogen) atoms. The summed E-state index contributed by atoms with van der Waals surface area (Å²) >= 11 is 0. The van der Waals surface area contributed by atoms with Crippen LogP contribution < -0.4 is 0 Å². The van der Waals surface area contributed by atoms with Gasteiger partial charge in [-0.25, -0.2) is 4.39 Å². The van der Waals surface area contributed by atoms with Crippen LogP contribution in [0.5, 0.6) is 0 Å². The number of carbonyl (C=O) groups is 1. The quantitative estimate of drug-likeness (QED) is 0.765. The van der Waals surface area contributed by atoms with Crippen molar-refractivity contribution in [1.82, 2.24) is 9.80 Å². The number of carbonyl (C=O) groups excluding carboxylic acids is 1. The van der Waals surface area contributed by atoms with Gasteiger partial charge in [0.2, 0.25) is 0 Å². The molecular weight excluding hydrogens is 243 g/mol. The van der Waals surface area contributed by atoms with Gasteiger partial charge in [0.05, 0.1) is 0 Å². The predicted octanol–water partition coefficient (Wildman–Crippen LogP) is 1.64. The SMILES string of the molecule is CN1CCN(C(=O)c2ccc(F)cc2)CC1.Cl. The van der Waals surface area contributed by atoms with E-state index in [9.17, 15) is 9.18 Å². The van der Waals surface area contributed by atoms with Crippen LogP contribution in [0.1, 0.15) is 10.4 Å². The maximum Gasteiger partial charge on any atom is 0.253 e. The molecule has 94 valence electrons. The van der Waals surface area contributed by atoms with E-state index in [-0.39, 0.29) is 24.1 Å². The first-order chi connectivity index (χ1) is 7.66. The molecular formula is C12H16ClFN2O. The highest BCUT2D eigenvalue weighted by Crippen LogP contribution is 2.09. The van der Waals surface area contributed by atoms with Crippen molar-refractivity contribution >= 4 is 18.3 Å². The molecule has 1 aliphatic rings. The van der Waals surface area contributed by atoms with Crippen LogP contribution in [0.25, 0.3) is 0 Å². The molecule has 0 unspecified atom stereocenters. The van der Waals surface area contributed by atoms with E-state index >= 15 is 0 Å². The molecule has 1 amide bonds. The summed E-state index contributed by atoms with van der Waals surface area (Å²) in [5.74, 6) is -0.317. The third-order valence-electron chi connectivity index (χ3n) is 2.88. The zero-order valence-electron chi connectivity index (χ0n) is 9.73. The van der Waals surface area contributed by atoms with Crippen LogP contribution in [0.4, 0.5) is 4.39 Å². The molecule has 1 aromatic carbocycles. The molecule has 0 atom stereocenters. The number of benzene rings is 1. The molecule has 1 heterocycles. The zero-order chi connectivity index (χ0) is 11.5. The summed E-state index contributed by atoms with van der Waals surface area (Å²) in [5, 5.41) is 0. The second-order valence-corrected chi connectivity index (χ2v) is 4.10. The lowest BCUT2D eigenvalue weighted by molar-refractivity contribution is 0.0664. The van der Waals surface area contributed by atoms with Gasteiger partial charge >= 0.3 is 0 Å². The first-order valence-corrected chi connectivity index (χ1v) is 5.40. The van der Waals surface area contributed by atoms with E-state index < -0.39 is 0 Å². The molecule has 0 saturated carbocycles. The van der Waals surface area contributed by atoms with Crippen LogP contribution >= 0.6 is 12.4 Å². The highest BCUT2D eigenvalue weighted by Gasteiger charge is 2.19. The van der Waals surface area contributed by atoms with Crippen molar-refractivity contribution in [3.8, 4) is 0 Å². The smallest absolute Gasteiger partial charge is 0.253 e. The summed E-state index contributed by atoms with van der Waals surface area (Å²) in [6.07, 6.45) is 0. The van der Waals surface area contributed by atoms with E-state index in [1.165, 1.54) is 24.3 Å². The second kappa shape index (κ2) is 5.98. The minimum atomic E-state index is -0.310. The fraction of sp³-hybridized carbons (Fsp3) is 0.417. The van der Waals surface area contributed by atoms with E-state index in [1.54, 1.807) is 0 Å². The van der Waals surface area contributed by atoms with Gasteiger partial charge in [-0.1, -0.05) is 0 Å². The molecule has 0 radical (unpaired) electrons. The summed E-state index contributed by atoms with van der Waals surface area (Å²) in [7, 11) is 2.04. The van der Waals surface area contributed by atoms with E-state index in [2.05, 4.69) is 4.90 Å². The average Bonchev–Trinajstić information content (AvgIpc) is 2.30. The van der Waals surface area contributed by atoms with Gasteiger partial charge < -0.3 is 9.80 Å². The van der Waals surface area contributed by atoms with Crippen LogP contribution in [0.3, 0.4) is 0 Å². The van der Waals surface area contributed by atoms with Crippen LogP contribution in [-0.2, 0) is 0 Å². The molecule has 3 nitrogen and oxygen atoms in total. The van der Waals surface area contributed by atoms with Gasteiger partial charge in [0.1, 0.15) is 5.82 Å². The first-order valence-electron chi connectivity index (χ1n) is 5.40. The summed E-state index contributed by atoms with van der Waals surface area (Å²) in [4.78, 5) is 16.0. The molecule has 0 bridgehead atoms. The molecule has 1 aliphatic heterocycles. The van der Waals surface area contributed by atoms with Gasteiger partial charge in [-0.3, -0.25) is 4.79 Å². The Kier molecular flexibility index (Phi) is 4.90. The van der Waals surface area contributed by atoms with E-state index in [1.807, 2.05) is 11.9 Å². The van der Waals surface area contributed by atoms with Crippen LogP contribution in [0.15, 0.2) is 24.3 Å². The van der Waals surface area contributed by atoms with Gasteiger partial charge in [0.25, 0.3) is 5.91 Å². The van der Waals surface area contributed by atoms with Crippen LogP contribution in [0.2, 0.25) is 0 Å². The Labute approximate surface area is 107 Å². The van der Waals surface area contributed by atoms with Crippen molar-refractivity contribution in [3.63, 3.8) is 0 Å². The predicted molar refractivity (Wildman–Crippen MR) is 67.0 cm³/mol. The number of piperazine rings is 1. The Hall–Kier alpha value is -1.13. The highest BCUT2D eigenvalue weighted by molar-refractivity contribution is 5.94. The topological polar surface area (TPSA) is 23.6 Å². The van der Waals surface area contributed by atoms with Gasteiger partial charge in [-0.2, -0.15) is 0 Å². The number of amides is 1. The Balaban J connectivity index is 0.00000144. The van der Waals surface area contributed by atoms with Crippen LogP contribution in [-0.4, -0.2) is 48.9 Å². The first kappa shape index (κ1) is 13.9. The molecule has 0 N–H and O–H groups in total. The molecule has 2 rings (SSSR count). The number of nitrogens with zero attached hydrogens (tertiary/aromatic N) is 2. The van der Waals surface area contributed by atoms with E-state index in [0.29, 0.717) is 5.56 Å². The summed E-state index contributed by atoms with van der Waals surface area (Å²) < 4.78 is 12.7. The lowest BCUT2D eigenvalue weighted by atomic mass is 10.2. The fourth-order valence-electron chi connectivity index (χ4n) is 1.78. The van der Waals surface area contributed by atoms with Gasteiger partial charge in [-0.15, -0.1) is 12.4 Å². The summed E-state index contributed by atoms with van der Waals surface area (Å²) in [6.45, 7) is 3.28. The lowest BCUT2D eigenvalue weighted by Gasteiger charge is -2.32. The lowest BCUT2D eigenvalue weighted by Crippen LogP contribution is -2.47. The Bertz CT molecular complexity index is 375. The number of hydrogen-bond donors (Lipinski definition) is 0. The van der Waals surface area contributed by atoms with E-state index in [4.69, 9.17) is 0 Å². The van der Waals surface area contributed by atoms with Gasteiger partial charge in [-0.05, 0) is 31.3 Å². The molecule has 1 aromatic rings. The fourth-order valence-corrected chi connectivity index (χ4v) is 1.78. The molecule has 5 heteroatoms. The number of likely N-dealkylation sites (N-methyl/N-ethyl adjacent to an activating group) is 1. The van der Waals surface area contributed by atoms with Crippen molar-refractivity contribution in [2.45, 2.75) is 0 Å². The van der Waals surface area contributed by atoms with Crippen molar-refractivity contribution in [2.24, 2.45) is 0 Å². The standard InChI is InChI=1S/C12H15FN2O.ClH/c1-14-6-8-15(9-7-14)12(16)10-2-4-11(13)5-3-10;/h2-5H,6-9H2,1H3;1H. The maximum absolute atomic E-state index is 12.7. The number of rotatable bonds is 1. The Morgan fingerprint density at radius 3 is 2.18 bits per heavy atom. The van der Waals surface area contributed by atoms with Crippen molar-refractivity contribution in [2.75, 3.05) is 33.2 Å². The zero-order valence-corrected chi connectivity index (χ0v) is 10.5. The molecule has 1 saturated heterocycles. The summed E-state index contributed by atoms with van der Waals surface area (Å²) in [5.41, 5.74) is 0.561. The van der Waals surface area contributed by atoms with Gasteiger partial charge in [0.15, 0.2) is 0 Å². The maximum atomic E-state index is 12.7. The van der Waals surface area contributed by atoms with Crippen molar-refractivity contribution in [3.05, 3.63) is 35.6 Å². The van der Waals surface area contributed by atoms with Gasteiger partial charge in [0, 0.05) is 31.7 Å². The van der Waals surface area contributed by atoms with Crippen molar-refractivity contribution in [1.29, 1.82) is 0 Å². The Morgan fingerprint density at radius 2 is 1.65 bits per heavy atom.